The molecule has 23 heavy (non-hydrogen) atoms. The molecule has 0 atom stereocenters. The van der Waals surface area contributed by atoms with E-state index >= 15 is 0 Å². The molecular formula is C17H18N2O4. The molecule has 1 aromatic carbocycles. The highest BCUT2D eigenvalue weighted by Crippen LogP contribution is 2.34. The van der Waals surface area contributed by atoms with Crippen LogP contribution in [0.15, 0.2) is 34.7 Å². The molecule has 6 nitrogen and oxygen atoms in total. The number of fused-ring (bicyclic) bond motifs is 1. The van der Waals surface area contributed by atoms with Gasteiger partial charge in [-0.3, -0.25) is 9.59 Å². The SMILES string of the molecule is Cc1ccc(CNC(=O)c2ccc3c(c2)NC(=O)C(C)(C)O3)o1. The predicted octanol–water partition coefficient (Wildman–Crippen LogP) is 2.63. The summed E-state index contributed by atoms with van der Waals surface area (Å²) in [7, 11) is 0. The van der Waals surface area contributed by atoms with Gasteiger partial charge in [0.15, 0.2) is 5.60 Å². The largest absolute Gasteiger partial charge is 0.476 e. The first-order valence-corrected chi connectivity index (χ1v) is 7.33. The van der Waals surface area contributed by atoms with Crippen LogP contribution >= 0.6 is 0 Å². The number of rotatable bonds is 3. The number of benzene rings is 1. The number of aryl methyl sites for hydroxylation is 1. The van der Waals surface area contributed by atoms with Gasteiger partial charge in [-0.25, -0.2) is 0 Å². The summed E-state index contributed by atoms with van der Waals surface area (Å²) in [6, 6.07) is 8.61. The van der Waals surface area contributed by atoms with E-state index in [1.165, 1.54) is 0 Å². The molecule has 120 valence electrons. The quantitative estimate of drug-likeness (QED) is 0.912. The van der Waals surface area contributed by atoms with Crippen molar-refractivity contribution in [3.63, 3.8) is 0 Å². The van der Waals surface area contributed by atoms with Crippen molar-refractivity contribution in [1.29, 1.82) is 0 Å². The molecule has 0 bridgehead atoms. The fraction of sp³-hybridized carbons (Fsp3) is 0.294. The second kappa shape index (κ2) is 5.46. The molecule has 2 N–H and O–H groups in total. The summed E-state index contributed by atoms with van der Waals surface area (Å²) >= 11 is 0. The molecule has 1 aliphatic heterocycles. The fourth-order valence-electron chi connectivity index (χ4n) is 2.30. The molecule has 1 aliphatic rings. The average molecular weight is 314 g/mol. The van der Waals surface area contributed by atoms with Crippen LogP contribution in [-0.4, -0.2) is 17.4 Å². The van der Waals surface area contributed by atoms with Crippen LogP contribution in [0, 0.1) is 6.92 Å². The topological polar surface area (TPSA) is 80.6 Å². The first-order chi connectivity index (χ1) is 10.8. The average Bonchev–Trinajstić information content (AvgIpc) is 2.91. The summed E-state index contributed by atoms with van der Waals surface area (Å²) in [6.45, 7) is 5.53. The van der Waals surface area contributed by atoms with E-state index in [-0.39, 0.29) is 11.8 Å². The Morgan fingerprint density at radius 3 is 2.74 bits per heavy atom. The van der Waals surface area contributed by atoms with E-state index in [1.54, 1.807) is 32.0 Å². The van der Waals surface area contributed by atoms with E-state index in [0.717, 1.165) is 5.76 Å². The van der Waals surface area contributed by atoms with Crippen LogP contribution in [0.2, 0.25) is 0 Å². The van der Waals surface area contributed by atoms with E-state index in [9.17, 15) is 9.59 Å². The molecular weight excluding hydrogens is 296 g/mol. The lowest BCUT2D eigenvalue weighted by molar-refractivity contribution is -0.129. The van der Waals surface area contributed by atoms with Gasteiger partial charge in [0.05, 0.1) is 12.2 Å². The van der Waals surface area contributed by atoms with Gasteiger partial charge in [-0.15, -0.1) is 0 Å². The maximum atomic E-state index is 12.2. The van der Waals surface area contributed by atoms with Crippen LogP contribution < -0.4 is 15.4 Å². The fourth-order valence-corrected chi connectivity index (χ4v) is 2.30. The Morgan fingerprint density at radius 1 is 1.26 bits per heavy atom. The number of anilines is 1. The molecule has 1 aromatic heterocycles. The lowest BCUT2D eigenvalue weighted by Gasteiger charge is -2.31. The molecule has 0 spiro atoms. The molecule has 0 radical (unpaired) electrons. The number of hydrogen-bond acceptors (Lipinski definition) is 4. The summed E-state index contributed by atoms with van der Waals surface area (Å²) in [6.07, 6.45) is 0. The Morgan fingerprint density at radius 2 is 2.04 bits per heavy atom. The number of nitrogens with one attached hydrogen (secondary N) is 2. The van der Waals surface area contributed by atoms with Gasteiger partial charge in [0.1, 0.15) is 17.3 Å². The molecule has 0 aliphatic carbocycles. The highest BCUT2D eigenvalue weighted by molar-refractivity contribution is 6.02. The highest BCUT2D eigenvalue weighted by atomic mass is 16.5. The van der Waals surface area contributed by atoms with Crippen molar-refractivity contribution in [1.82, 2.24) is 5.32 Å². The molecule has 2 aromatic rings. The molecule has 6 heteroatoms. The zero-order chi connectivity index (χ0) is 16.6. The van der Waals surface area contributed by atoms with E-state index in [4.69, 9.17) is 9.15 Å². The van der Waals surface area contributed by atoms with Crippen LogP contribution in [0.25, 0.3) is 0 Å². The van der Waals surface area contributed by atoms with Crippen molar-refractivity contribution in [3.8, 4) is 5.75 Å². The van der Waals surface area contributed by atoms with E-state index in [1.807, 2.05) is 19.1 Å². The van der Waals surface area contributed by atoms with Gasteiger partial charge in [-0.1, -0.05) is 0 Å². The van der Waals surface area contributed by atoms with Gasteiger partial charge in [0, 0.05) is 5.56 Å². The standard InChI is InChI=1S/C17H18N2O4/c1-10-4-6-12(22-10)9-18-15(20)11-5-7-14-13(8-11)19-16(21)17(2,3)23-14/h4-8H,9H2,1-3H3,(H,18,20)(H,19,21). The Kier molecular flexibility index (Phi) is 3.60. The first-order valence-electron chi connectivity index (χ1n) is 7.33. The maximum Gasteiger partial charge on any atom is 0.268 e. The van der Waals surface area contributed by atoms with Gasteiger partial charge < -0.3 is 19.8 Å². The molecule has 2 heterocycles. The van der Waals surface area contributed by atoms with Gasteiger partial charge in [0.25, 0.3) is 11.8 Å². The molecule has 0 fully saturated rings. The summed E-state index contributed by atoms with van der Waals surface area (Å²) in [4.78, 5) is 24.1. The molecule has 0 saturated heterocycles. The zero-order valence-electron chi connectivity index (χ0n) is 13.2. The summed E-state index contributed by atoms with van der Waals surface area (Å²) in [5.74, 6) is 1.54. The number of ether oxygens (including phenoxy) is 1. The van der Waals surface area contributed by atoms with Crippen LogP contribution in [0.3, 0.4) is 0 Å². The van der Waals surface area contributed by atoms with Gasteiger partial charge in [-0.2, -0.15) is 0 Å². The van der Waals surface area contributed by atoms with Gasteiger partial charge >= 0.3 is 0 Å². The van der Waals surface area contributed by atoms with E-state index in [0.29, 0.717) is 29.3 Å². The molecule has 0 unspecified atom stereocenters. The number of carbonyl (C=O) groups is 2. The third-order valence-electron chi connectivity index (χ3n) is 3.62. The summed E-state index contributed by atoms with van der Waals surface area (Å²) in [5.41, 5.74) is 0.0138. The highest BCUT2D eigenvalue weighted by Gasteiger charge is 2.35. The van der Waals surface area contributed by atoms with Crippen molar-refractivity contribution in [3.05, 3.63) is 47.4 Å². The van der Waals surface area contributed by atoms with Crippen LogP contribution in [0.1, 0.15) is 35.7 Å². The third-order valence-corrected chi connectivity index (χ3v) is 3.62. The van der Waals surface area contributed by atoms with Crippen molar-refractivity contribution in [2.24, 2.45) is 0 Å². The van der Waals surface area contributed by atoms with Gasteiger partial charge in [-0.05, 0) is 51.1 Å². The Hall–Kier alpha value is -2.76. The number of carbonyl (C=O) groups excluding carboxylic acids is 2. The van der Waals surface area contributed by atoms with Crippen LogP contribution in [0.4, 0.5) is 5.69 Å². The number of hydrogen-bond donors (Lipinski definition) is 2. The minimum Gasteiger partial charge on any atom is -0.476 e. The Labute approximate surface area is 133 Å². The van der Waals surface area contributed by atoms with Gasteiger partial charge in [0.2, 0.25) is 0 Å². The minimum absolute atomic E-state index is 0.242. The normalized spacial score (nSPS) is 15.3. The molecule has 3 rings (SSSR count). The number of furan rings is 1. The first kappa shape index (κ1) is 15.1. The second-order valence-electron chi connectivity index (χ2n) is 5.97. The lowest BCUT2D eigenvalue weighted by Crippen LogP contribution is -2.45. The second-order valence-corrected chi connectivity index (χ2v) is 5.97. The molecule has 0 saturated carbocycles. The summed E-state index contributed by atoms with van der Waals surface area (Å²) < 4.78 is 11.0. The third kappa shape index (κ3) is 3.06. The minimum atomic E-state index is -0.923. The van der Waals surface area contributed by atoms with Crippen molar-refractivity contribution < 1.29 is 18.7 Å². The van der Waals surface area contributed by atoms with Crippen molar-refractivity contribution >= 4 is 17.5 Å². The maximum absolute atomic E-state index is 12.2. The predicted molar refractivity (Wildman–Crippen MR) is 84.4 cm³/mol. The molecule has 2 amide bonds. The lowest BCUT2D eigenvalue weighted by atomic mass is 10.0. The van der Waals surface area contributed by atoms with Crippen LogP contribution in [0.5, 0.6) is 5.75 Å². The Balaban J connectivity index is 1.73. The smallest absolute Gasteiger partial charge is 0.268 e. The number of amides is 2. The van der Waals surface area contributed by atoms with E-state index in [2.05, 4.69) is 10.6 Å². The summed E-state index contributed by atoms with van der Waals surface area (Å²) in [5, 5.41) is 5.54. The van der Waals surface area contributed by atoms with Crippen molar-refractivity contribution in [2.75, 3.05) is 5.32 Å². The van der Waals surface area contributed by atoms with E-state index < -0.39 is 5.60 Å². The van der Waals surface area contributed by atoms with Crippen LogP contribution in [-0.2, 0) is 11.3 Å². The monoisotopic (exact) mass is 314 g/mol. The Bertz CT molecular complexity index is 777. The zero-order valence-corrected chi connectivity index (χ0v) is 13.2. The van der Waals surface area contributed by atoms with Crippen molar-refractivity contribution in [2.45, 2.75) is 32.9 Å².